The summed E-state index contributed by atoms with van der Waals surface area (Å²) in [4.78, 5) is 14.4. The highest BCUT2D eigenvalue weighted by atomic mass is 16.1. The molecule has 7 heteroatoms. The van der Waals surface area contributed by atoms with Gasteiger partial charge in [-0.1, -0.05) is 0 Å². The molecular weight excluding hydrogens is 316 g/mol. The first-order valence-electron chi connectivity index (χ1n) is 8.99. The number of carbonyl (C=O) groups excluding carboxylic acids is 1. The van der Waals surface area contributed by atoms with E-state index in [0.717, 1.165) is 37.4 Å². The zero-order valence-electron chi connectivity index (χ0n) is 14.8. The predicted octanol–water partition coefficient (Wildman–Crippen LogP) is 1.26. The summed E-state index contributed by atoms with van der Waals surface area (Å²) in [5.74, 6) is 1.32. The standard InChI is InChI=1S/C18H24N6O/c1-12-7-16(22-23(12)2)18(25)19-9-13-10-24(11-13)17-8-14-5-3-4-6-15(14)20-21-17/h7-8,13H,3-6,9-11H2,1-2H3,(H,19,25). The minimum atomic E-state index is -0.101. The molecular formula is C18H24N6O. The average molecular weight is 340 g/mol. The highest BCUT2D eigenvalue weighted by Crippen LogP contribution is 2.26. The van der Waals surface area contributed by atoms with Crippen molar-refractivity contribution in [3.05, 3.63) is 34.8 Å². The van der Waals surface area contributed by atoms with Gasteiger partial charge in [0.05, 0.1) is 5.69 Å². The molecule has 1 aliphatic carbocycles. The van der Waals surface area contributed by atoms with E-state index in [4.69, 9.17) is 0 Å². The molecule has 7 nitrogen and oxygen atoms in total. The van der Waals surface area contributed by atoms with E-state index in [2.05, 4.69) is 31.6 Å². The van der Waals surface area contributed by atoms with E-state index in [-0.39, 0.29) is 5.91 Å². The summed E-state index contributed by atoms with van der Waals surface area (Å²) in [6.07, 6.45) is 4.65. The number of fused-ring (bicyclic) bond motifs is 1. The lowest BCUT2D eigenvalue weighted by molar-refractivity contribution is 0.0938. The van der Waals surface area contributed by atoms with Gasteiger partial charge < -0.3 is 10.2 Å². The molecule has 0 spiro atoms. The Kier molecular flexibility index (Phi) is 4.15. The first kappa shape index (κ1) is 16.1. The van der Waals surface area contributed by atoms with Gasteiger partial charge in [0.15, 0.2) is 5.82 Å². The zero-order chi connectivity index (χ0) is 17.4. The van der Waals surface area contributed by atoms with E-state index < -0.39 is 0 Å². The van der Waals surface area contributed by atoms with Gasteiger partial charge in [0.1, 0.15) is 5.69 Å². The van der Waals surface area contributed by atoms with Crippen LogP contribution in [0.5, 0.6) is 0 Å². The largest absolute Gasteiger partial charge is 0.354 e. The molecule has 0 aromatic carbocycles. The number of rotatable bonds is 4. The molecule has 0 bridgehead atoms. The monoisotopic (exact) mass is 340 g/mol. The number of amides is 1. The molecule has 1 N–H and O–H groups in total. The second-order valence-corrected chi connectivity index (χ2v) is 7.16. The fourth-order valence-electron chi connectivity index (χ4n) is 3.52. The maximum absolute atomic E-state index is 12.1. The lowest BCUT2D eigenvalue weighted by Crippen LogP contribution is -2.52. The fourth-order valence-corrected chi connectivity index (χ4v) is 3.52. The second kappa shape index (κ2) is 6.46. The van der Waals surface area contributed by atoms with Crippen LogP contribution >= 0.6 is 0 Å². The molecule has 0 radical (unpaired) electrons. The summed E-state index contributed by atoms with van der Waals surface area (Å²) in [7, 11) is 1.84. The molecule has 0 unspecified atom stereocenters. The van der Waals surface area contributed by atoms with E-state index in [1.807, 2.05) is 20.0 Å². The molecule has 2 aromatic heterocycles. The summed E-state index contributed by atoms with van der Waals surface area (Å²) in [6.45, 7) is 4.43. The summed E-state index contributed by atoms with van der Waals surface area (Å²) in [5.41, 5.74) is 3.99. The number of nitrogens with zero attached hydrogens (tertiary/aromatic N) is 5. The van der Waals surface area contributed by atoms with Crippen LogP contribution < -0.4 is 10.2 Å². The number of aryl methyl sites for hydroxylation is 4. The lowest BCUT2D eigenvalue weighted by atomic mass is 9.95. The molecule has 25 heavy (non-hydrogen) atoms. The SMILES string of the molecule is Cc1cc(C(=O)NCC2CN(c3cc4c(nn3)CCCC4)C2)nn1C. The molecule has 4 rings (SSSR count). The molecule has 1 amide bonds. The van der Waals surface area contributed by atoms with E-state index in [0.29, 0.717) is 18.2 Å². The van der Waals surface area contributed by atoms with E-state index in [1.54, 1.807) is 4.68 Å². The molecule has 132 valence electrons. The summed E-state index contributed by atoms with van der Waals surface area (Å²) in [6, 6.07) is 4.01. The van der Waals surface area contributed by atoms with Gasteiger partial charge in [-0.25, -0.2) is 0 Å². The van der Waals surface area contributed by atoms with Crippen LogP contribution in [0.25, 0.3) is 0 Å². The van der Waals surface area contributed by atoms with Crippen LogP contribution in [0.4, 0.5) is 5.82 Å². The Morgan fingerprint density at radius 3 is 2.80 bits per heavy atom. The normalized spacial score (nSPS) is 17.1. The lowest BCUT2D eigenvalue weighted by Gasteiger charge is -2.40. The minimum absolute atomic E-state index is 0.101. The number of aromatic nitrogens is 4. The maximum atomic E-state index is 12.1. The van der Waals surface area contributed by atoms with Crippen LogP contribution in [0.3, 0.4) is 0 Å². The van der Waals surface area contributed by atoms with Gasteiger partial charge in [0, 0.05) is 38.3 Å². The quantitative estimate of drug-likeness (QED) is 0.907. The number of nitrogens with one attached hydrogen (secondary N) is 1. The van der Waals surface area contributed by atoms with Gasteiger partial charge in [-0.3, -0.25) is 9.48 Å². The third-order valence-electron chi connectivity index (χ3n) is 5.24. The highest BCUT2D eigenvalue weighted by Gasteiger charge is 2.29. The smallest absolute Gasteiger partial charge is 0.271 e. The Labute approximate surface area is 147 Å². The molecule has 1 saturated heterocycles. The maximum Gasteiger partial charge on any atom is 0.271 e. The van der Waals surface area contributed by atoms with Crippen molar-refractivity contribution in [2.45, 2.75) is 32.6 Å². The van der Waals surface area contributed by atoms with Crippen molar-refractivity contribution in [2.24, 2.45) is 13.0 Å². The van der Waals surface area contributed by atoms with Gasteiger partial charge in [-0.15, -0.1) is 5.10 Å². The Morgan fingerprint density at radius 1 is 1.24 bits per heavy atom. The van der Waals surface area contributed by atoms with Crippen molar-refractivity contribution in [3.8, 4) is 0 Å². The van der Waals surface area contributed by atoms with Crippen molar-refractivity contribution in [1.29, 1.82) is 0 Å². The molecule has 0 atom stereocenters. The molecule has 0 saturated carbocycles. The molecule has 2 aromatic rings. The van der Waals surface area contributed by atoms with Gasteiger partial charge in [-0.05, 0) is 50.3 Å². The Bertz CT molecular complexity index is 773. The predicted molar refractivity (Wildman–Crippen MR) is 94.7 cm³/mol. The van der Waals surface area contributed by atoms with Crippen LogP contribution in [0, 0.1) is 12.8 Å². The van der Waals surface area contributed by atoms with E-state index in [1.165, 1.54) is 24.1 Å². The minimum Gasteiger partial charge on any atom is -0.354 e. The van der Waals surface area contributed by atoms with Crippen molar-refractivity contribution in [2.75, 3.05) is 24.5 Å². The first-order valence-corrected chi connectivity index (χ1v) is 8.99. The van der Waals surface area contributed by atoms with E-state index in [9.17, 15) is 4.79 Å². The van der Waals surface area contributed by atoms with Crippen molar-refractivity contribution >= 4 is 11.7 Å². The zero-order valence-corrected chi connectivity index (χ0v) is 14.8. The van der Waals surface area contributed by atoms with Gasteiger partial charge in [-0.2, -0.15) is 10.2 Å². The molecule has 3 heterocycles. The highest BCUT2D eigenvalue weighted by molar-refractivity contribution is 5.92. The summed E-state index contributed by atoms with van der Waals surface area (Å²) < 4.78 is 1.72. The number of carbonyl (C=O) groups is 1. The van der Waals surface area contributed by atoms with Crippen molar-refractivity contribution in [3.63, 3.8) is 0 Å². The Morgan fingerprint density at radius 2 is 2.04 bits per heavy atom. The van der Waals surface area contributed by atoms with Gasteiger partial charge >= 0.3 is 0 Å². The Hall–Kier alpha value is -2.44. The summed E-state index contributed by atoms with van der Waals surface area (Å²) in [5, 5.41) is 16.0. The number of hydrogen-bond acceptors (Lipinski definition) is 5. The Balaban J connectivity index is 1.28. The van der Waals surface area contributed by atoms with Gasteiger partial charge in [0.2, 0.25) is 0 Å². The second-order valence-electron chi connectivity index (χ2n) is 7.16. The van der Waals surface area contributed by atoms with Crippen LogP contribution in [-0.2, 0) is 19.9 Å². The van der Waals surface area contributed by atoms with Crippen LogP contribution in [0.1, 0.15) is 40.3 Å². The number of anilines is 1. The van der Waals surface area contributed by atoms with Crippen LogP contribution in [0.15, 0.2) is 12.1 Å². The average Bonchev–Trinajstić information content (AvgIpc) is 2.92. The van der Waals surface area contributed by atoms with Crippen LogP contribution in [0.2, 0.25) is 0 Å². The van der Waals surface area contributed by atoms with Gasteiger partial charge in [0.25, 0.3) is 5.91 Å². The first-order chi connectivity index (χ1) is 12.1. The third kappa shape index (κ3) is 3.23. The third-order valence-corrected chi connectivity index (χ3v) is 5.24. The molecule has 2 aliphatic rings. The summed E-state index contributed by atoms with van der Waals surface area (Å²) >= 11 is 0. The fraction of sp³-hybridized carbons (Fsp3) is 0.556. The van der Waals surface area contributed by atoms with Crippen molar-refractivity contribution in [1.82, 2.24) is 25.3 Å². The number of hydrogen-bond donors (Lipinski definition) is 1. The molecule has 1 aliphatic heterocycles. The topological polar surface area (TPSA) is 75.9 Å². The molecule has 1 fully saturated rings. The van der Waals surface area contributed by atoms with E-state index >= 15 is 0 Å². The van der Waals surface area contributed by atoms with Crippen molar-refractivity contribution < 1.29 is 4.79 Å². The van der Waals surface area contributed by atoms with Crippen LogP contribution in [-0.4, -0.2) is 45.5 Å².